The molecular weight excluding hydrogens is 699 g/mol. The maximum absolute atomic E-state index is 12.7. The topological polar surface area (TPSA) is 169 Å². The van der Waals surface area contributed by atoms with E-state index >= 15 is 0 Å². The Labute approximate surface area is 323 Å². The van der Waals surface area contributed by atoms with E-state index in [9.17, 15) is 29.3 Å². The third kappa shape index (κ3) is 34.6. The highest BCUT2D eigenvalue weighted by molar-refractivity contribution is 7.47. The minimum Gasteiger partial charge on any atom is -0.462 e. The highest BCUT2D eigenvalue weighted by Crippen LogP contribution is 2.45. The number of carbonyl (C=O) groups excluding carboxylic acids is 2. The average Bonchev–Trinajstić information content (AvgIpc) is 3.15. The Morgan fingerprint density at radius 1 is 0.642 bits per heavy atom. The molecule has 0 aromatic heterocycles. The number of esters is 2. The van der Waals surface area contributed by atoms with Gasteiger partial charge in [0.15, 0.2) is 6.10 Å². The predicted octanol–water partition coefficient (Wildman–Crippen LogP) is 9.58. The first kappa shape index (κ1) is 49.4. The molecule has 0 heterocycles. The molecule has 0 spiro atoms. The van der Waals surface area contributed by atoms with Crippen LogP contribution in [0.4, 0.5) is 0 Å². The summed E-state index contributed by atoms with van der Waals surface area (Å²) in [4.78, 5) is 35.3. The van der Waals surface area contributed by atoms with E-state index in [4.69, 9.17) is 25.0 Å². The molecular formula is C41H77O11P. The van der Waals surface area contributed by atoms with Gasteiger partial charge >= 0.3 is 19.8 Å². The van der Waals surface area contributed by atoms with Gasteiger partial charge in [-0.3, -0.25) is 18.6 Å². The molecule has 0 amide bonds. The molecule has 312 valence electrons. The van der Waals surface area contributed by atoms with Crippen molar-refractivity contribution in [1.29, 1.82) is 0 Å². The van der Waals surface area contributed by atoms with Crippen LogP contribution in [0.3, 0.4) is 0 Å². The lowest BCUT2D eigenvalue weighted by Crippen LogP contribution is -2.35. The van der Waals surface area contributed by atoms with Crippen LogP contribution in [0.1, 0.15) is 182 Å². The number of phosphoric ester groups is 1. The number of aliphatic hydroxyl groups is 3. The average molecular weight is 778 g/mol. The van der Waals surface area contributed by atoms with Crippen LogP contribution in [0, 0.1) is 0 Å². The van der Waals surface area contributed by atoms with Crippen molar-refractivity contribution >= 4 is 19.8 Å². The Kier molecular flexibility index (Phi) is 34.8. The highest BCUT2D eigenvalue weighted by atomic mass is 31.2. The van der Waals surface area contributed by atoms with Crippen molar-refractivity contribution in [1.82, 2.24) is 0 Å². The van der Waals surface area contributed by atoms with E-state index in [1.54, 1.807) is 0 Å². The molecule has 11 nitrogen and oxygen atoms in total. The third-order valence-electron chi connectivity index (χ3n) is 8.87. The maximum Gasteiger partial charge on any atom is 0.472 e. The zero-order chi connectivity index (χ0) is 40.1. The van der Waals surface area contributed by atoms with Gasteiger partial charge in [-0.05, 0) is 57.8 Å². The fourth-order valence-electron chi connectivity index (χ4n) is 5.59. The molecule has 53 heavy (non-hydrogen) atoms. The monoisotopic (exact) mass is 778 g/mol. The molecule has 0 aliphatic rings. The number of aliphatic hydroxyl groups excluding tert-OH is 3. The maximum atomic E-state index is 12.7. The summed E-state index contributed by atoms with van der Waals surface area (Å²) in [6, 6.07) is 0. The van der Waals surface area contributed by atoms with Gasteiger partial charge in [-0.1, -0.05) is 134 Å². The second kappa shape index (κ2) is 37.3. The molecule has 5 atom stereocenters. The van der Waals surface area contributed by atoms with E-state index in [-0.39, 0.29) is 12.8 Å². The number of rotatable bonds is 39. The molecule has 0 fully saturated rings. The highest BCUT2D eigenvalue weighted by Gasteiger charge is 2.32. The van der Waals surface area contributed by atoms with Crippen LogP contribution >= 0.6 is 7.82 Å². The molecule has 0 saturated heterocycles. The summed E-state index contributed by atoms with van der Waals surface area (Å²) in [5, 5.41) is 28.1. The van der Waals surface area contributed by atoms with Crippen molar-refractivity contribution in [3.8, 4) is 0 Å². The van der Waals surface area contributed by atoms with Crippen molar-refractivity contribution in [2.24, 2.45) is 0 Å². The van der Waals surface area contributed by atoms with Crippen LogP contribution in [0.2, 0.25) is 0 Å². The Balaban J connectivity index is 4.66. The van der Waals surface area contributed by atoms with E-state index < -0.39 is 64.5 Å². The van der Waals surface area contributed by atoms with Crippen LogP contribution < -0.4 is 0 Å². The zero-order valence-electron chi connectivity index (χ0n) is 34.2. The molecule has 12 heteroatoms. The molecule has 0 rings (SSSR count). The fraction of sp³-hybridized carbons (Fsp3) is 0.854. The van der Waals surface area contributed by atoms with Gasteiger partial charge in [-0.25, -0.2) is 4.57 Å². The second-order valence-electron chi connectivity index (χ2n) is 14.0. The lowest BCUT2D eigenvalue weighted by Gasteiger charge is -2.24. The van der Waals surface area contributed by atoms with Gasteiger partial charge in [-0.2, -0.15) is 0 Å². The van der Waals surface area contributed by atoms with Crippen LogP contribution in [0.15, 0.2) is 24.3 Å². The molecule has 0 bridgehead atoms. The van der Waals surface area contributed by atoms with Crippen LogP contribution in [0.5, 0.6) is 0 Å². The number of ether oxygens (including phenoxy) is 2. The summed E-state index contributed by atoms with van der Waals surface area (Å²) in [6.45, 7) is 0.104. The van der Waals surface area contributed by atoms with Crippen LogP contribution in [0.25, 0.3) is 0 Å². The summed E-state index contributed by atoms with van der Waals surface area (Å²) in [5.74, 6) is -1.34. The Hall–Kier alpha value is -1.59. The van der Waals surface area contributed by atoms with Gasteiger partial charge in [0, 0.05) is 12.8 Å². The first-order chi connectivity index (χ1) is 26.1. The third-order valence-corrected chi connectivity index (χ3v) is 9.88. The molecule has 0 aromatic rings. The smallest absolute Gasteiger partial charge is 0.462 e. The molecule has 0 radical (unpaired) electrons. The number of allylic oxidation sites excluding steroid dienone is 4. The number of carbonyl (C=O) groups is 2. The predicted molar refractivity (Wildman–Crippen MR) is 211 cm³/mol. The van der Waals surface area contributed by atoms with Crippen LogP contribution in [-0.2, 0) is 32.7 Å². The van der Waals surface area contributed by atoms with E-state index in [2.05, 4.69) is 38.2 Å². The number of unbranched alkanes of at least 4 members (excludes halogenated alkanes) is 20. The van der Waals surface area contributed by atoms with E-state index in [0.29, 0.717) is 12.8 Å². The molecule has 0 aliphatic carbocycles. The van der Waals surface area contributed by atoms with Gasteiger partial charge in [0.25, 0.3) is 0 Å². The van der Waals surface area contributed by atoms with E-state index in [1.165, 1.54) is 77.0 Å². The summed E-state index contributed by atoms with van der Waals surface area (Å²) in [5.41, 5.74) is 0. The lowest BCUT2D eigenvalue weighted by atomic mass is 10.0. The van der Waals surface area contributed by atoms with Crippen molar-refractivity contribution in [3.63, 3.8) is 0 Å². The quantitative estimate of drug-likeness (QED) is 0.0203. The van der Waals surface area contributed by atoms with E-state index in [0.717, 1.165) is 64.2 Å². The number of hydrogen-bond acceptors (Lipinski definition) is 10. The minimum absolute atomic E-state index is 0.0246. The molecule has 4 N–H and O–H groups in total. The van der Waals surface area contributed by atoms with Crippen molar-refractivity contribution in [3.05, 3.63) is 24.3 Å². The van der Waals surface area contributed by atoms with Crippen LogP contribution in [-0.4, -0.2) is 76.9 Å². The van der Waals surface area contributed by atoms with E-state index in [1.807, 2.05) is 0 Å². The first-order valence-electron chi connectivity index (χ1n) is 21.3. The van der Waals surface area contributed by atoms with Crippen molar-refractivity contribution in [2.45, 2.75) is 199 Å². The largest absolute Gasteiger partial charge is 0.472 e. The zero-order valence-corrected chi connectivity index (χ0v) is 34.1. The SMILES string of the molecule is [2H]C(OC(=O)CCCCCCCCCCCCCCCCC)[C@H](COP(=O)(O)O[C@H](CO)[C@H](O)CO)OC(=O)CCCC/C=C\CCCC/C=C\CCC. The van der Waals surface area contributed by atoms with Gasteiger partial charge in [0.1, 0.15) is 18.8 Å². The lowest BCUT2D eigenvalue weighted by molar-refractivity contribution is -0.161. The normalized spacial score (nSPS) is 15.6. The fourth-order valence-corrected chi connectivity index (χ4v) is 6.53. The number of phosphoric acid groups is 1. The molecule has 0 aromatic carbocycles. The summed E-state index contributed by atoms with van der Waals surface area (Å²) < 4.78 is 41.1. The Bertz CT molecular complexity index is 996. The summed E-state index contributed by atoms with van der Waals surface area (Å²) in [7, 11) is -4.96. The van der Waals surface area contributed by atoms with Gasteiger partial charge in [0.05, 0.1) is 21.2 Å². The van der Waals surface area contributed by atoms with Crippen molar-refractivity contribution < 1.29 is 54.3 Å². The standard InChI is InChI=1S/C41H77O11P/c1-3-5-7-9-11-13-15-17-18-20-21-23-25-27-29-31-40(45)49-35-37(36-50-53(47,48)52-39(34-43)38(44)33-42)51-41(46)32-30-28-26-24-22-19-16-14-12-10-8-6-4-2/h8,10,22,24,37-39,42-44H,3-7,9,11-21,23,25-36H2,1-2H3,(H,47,48)/b10-8-,24-22-/t37-,38-,39-/m1/s1/i35D/t35?,37-,38-,39-. The summed E-state index contributed by atoms with van der Waals surface area (Å²) in [6.07, 6.45) is 30.6. The Morgan fingerprint density at radius 2 is 1.09 bits per heavy atom. The number of hydrogen-bond donors (Lipinski definition) is 4. The van der Waals surface area contributed by atoms with Gasteiger partial charge in [0.2, 0.25) is 0 Å². The molecule has 0 saturated carbocycles. The van der Waals surface area contributed by atoms with Gasteiger partial charge < -0.3 is 29.7 Å². The van der Waals surface area contributed by atoms with Gasteiger partial charge in [-0.15, -0.1) is 0 Å². The molecule has 2 unspecified atom stereocenters. The molecule has 0 aliphatic heterocycles. The van der Waals surface area contributed by atoms with Crippen molar-refractivity contribution in [2.75, 3.05) is 26.4 Å². The minimum atomic E-state index is -4.96. The first-order valence-corrected chi connectivity index (χ1v) is 22.3. The Morgan fingerprint density at radius 3 is 1.58 bits per heavy atom. The second-order valence-corrected chi connectivity index (χ2v) is 15.4. The summed E-state index contributed by atoms with van der Waals surface area (Å²) >= 11 is 0.